The number of benzene rings is 4. The van der Waals surface area contributed by atoms with Crippen LogP contribution in [0.15, 0.2) is 109 Å². The third kappa shape index (κ3) is 8.86. The van der Waals surface area contributed by atoms with Gasteiger partial charge in [-0.1, -0.05) is 48.5 Å². The number of rotatable bonds is 10. The van der Waals surface area contributed by atoms with Crippen molar-refractivity contribution in [3.8, 4) is 0 Å². The second-order valence-corrected chi connectivity index (χ2v) is 17.4. The minimum absolute atomic E-state index is 0.0372. The first-order valence-electron chi connectivity index (χ1n) is 22.7. The van der Waals surface area contributed by atoms with Gasteiger partial charge in [0, 0.05) is 42.1 Å². The third-order valence-electron chi connectivity index (χ3n) is 13.4. The SMILES string of the molecule is O=C(NC1CCNCC1)N(c1ccc2nc(NC3CCc4ccccc43)ccc2c1)N(C(=O)Nc1ccc2nc(NC3CCc4ccccc43)ccc2c1)C1CCN(CCO)CC1. The molecule has 6 N–H and O–H groups in total. The monoisotopic (exact) mass is 844 g/mol. The van der Waals surface area contributed by atoms with Crippen molar-refractivity contribution in [1.29, 1.82) is 0 Å². The number of aromatic nitrogens is 2. The molecule has 2 aromatic heterocycles. The van der Waals surface area contributed by atoms with Crippen LogP contribution in [0.5, 0.6) is 0 Å². The normalized spacial score (nSPS) is 19.1. The minimum atomic E-state index is -0.406. The first-order chi connectivity index (χ1) is 31.0. The van der Waals surface area contributed by atoms with Crippen LogP contribution in [0.3, 0.4) is 0 Å². The van der Waals surface area contributed by atoms with Crippen LogP contribution in [0.1, 0.15) is 72.9 Å². The summed E-state index contributed by atoms with van der Waals surface area (Å²) in [5, 5.41) is 31.8. The third-order valence-corrected chi connectivity index (χ3v) is 13.4. The van der Waals surface area contributed by atoms with Crippen LogP contribution in [0.4, 0.5) is 32.6 Å². The highest BCUT2D eigenvalue weighted by Gasteiger charge is 2.37. The number of amides is 4. The first kappa shape index (κ1) is 40.8. The lowest BCUT2D eigenvalue weighted by Crippen LogP contribution is -2.62. The summed E-state index contributed by atoms with van der Waals surface area (Å²) in [7, 11) is 0. The van der Waals surface area contributed by atoms with Crippen LogP contribution in [0, 0.1) is 0 Å². The molecule has 2 saturated heterocycles. The second kappa shape index (κ2) is 18.2. The number of fused-ring (bicyclic) bond motifs is 4. The van der Waals surface area contributed by atoms with E-state index in [2.05, 4.69) is 80.0 Å². The van der Waals surface area contributed by atoms with Crippen LogP contribution in [0.2, 0.25) is 0 Å². The Balaban J connectivity index is 0.942. The predicted molar refractivity (Wildman–Crippen MR) is 250 cm³/mol. The number of aliphatic hydroxyl groups excluding tert-OH is 1. The molecule has 2 aliphatic carbocycles. The highest BCUT2D eigenvalue weighted by atomic mass is 16.3. The second-order valence-electron chi connectivity index (χ2n) is 17.4. The van der Waals surface area contributed by atoms with Gasteiger partial charge in [0.25, 0.3) is 0 Å². The van der Waals surface area contributed by atoms with Gasteiger partial charge in [-0.15, -0.1) is 0 Å². The smallest absolute Gasteiger partial charge is 0.341 e. The number of nitrogens with zero attached hydrogens (tertiary/aromatic N) is 5. The van der Waals surface area contributed by atoms with Gasteiger partial charge in [0.15, 0.2) is 0 Å². The number of aliphatic hydroxyl groups is 1. The number of nitrogens with one attached hydrogen (secondary N) is 5. The molecule has 324 valence electrons. The van der Waals surface area contributed by atoms with Gasteiger partial charge in [-0.2, -0.15) is 5.01 Å². The molecule has 0 saturated carbocycles. The summed E-state index contributed by atoms with van der Waals surface area (Å²) >= 11 is 0. The van der Waals surface area contributed by atoms with Crippen molar-refractivity contribution in [2.75, 3.05) is 60.3 Å². The van der Waals surface area contributed by atoms with E-state index in [1.165, 1.54) is 22.3 Å². The summed E-state index contributed by atoms with van der Waals surface area (Å²) in [5.41, 5.74) is 8.19. The molecule has 0 bridgehead atoms. The zero-order valence-corrected chi connectivity index (χ0v) is 35.6. The Labute approximate surface area is 368 Å². The van der Waals surface area contributed by atoms with E-state index in [-0.39, 0.29) is 36.8 Å². The van der Waals surface area contributed by atoms with E-state index >= 15 is 0 Å². The molecule has 4 heterocycles. The van der Waals surface area contributed by atoms with Crippen molar-refractivity contribution >= 4 is 56.9 Å². The average molecular weight is 845 g/mol. The minimum Gasteiger partial charge on any atom is -0.395 e. The molecule has 0 radical (unpaired) electrons. The summed E-state index contributed by atoms with van der Waals surface area (Å²) in [6, 6.07) is 36.1. The van der Waals surface area contributed by atoms with Gasteiger partial charge in [-0.3, -0.25) is 0 Å². The number of piperidine rings is 2. The topological polar surface area (TPSA) is 150 Å². The fourth-order valence-electron chi connectivity index (χ4n) is 10.1. The molecule has 2 unspecified atom stereocenters. The van der Waals surface area contributed by atoms with Crippen LogP contribution in [0.25, 0.3) is 21.8 Å². The number of likely N-dealkylation sites (tertiary alicyclic amines) is 1. The number of carbonyl (C=O) groups excluding carboxylic acids is 2. The van der Waals surface area contributed by atoms with E-state index < -0.39 is 6.03 Å². The van der Waals surface area contributed by atoms with Gasteiger partial charge >= 0.3 is 12.1 Å². The highest BCUT2D eigenvalue weighted by molar-refractivity contribution is 6.01. The van der Waals surface area contributed by atoms with E-state index in [1.807, 2.05) is 60.7 Å². The Morgan fingerprint density at radius 3 is 1.92 bits per heavy atom. The van der Waals surface area contributed by atoms with Crippen molar-refractivity contribution in [2.24, 2.45) is 0 Å². The van der Waals surface area contributed by atoms with Crippen molar-refractivity contribution in [3.05, 3.63) is 131 Å². The van der Waals surface area contributed by atoms with Gasteiger partial charge in [-0.25, -0.2) is 24.6 Å². The summed E-state index contributed by atoms with van der Waals surface area (Å²) < 4.78 is 0. The maximum Gasteiger partial charge on any atom is 0.341 e. The number of β-amino-alcohol motifs (C(OH)–C–C–N with tert-alkyl or cyclic N) is 1. The summed E-state index contributed by atoms with van der Waals surface area (Å²) in [4.78, 5) is 41.9. The van der Waals surface area contributed by atoms with Gasteiger partial charge in [0.2, 0.25) is 0 Å². The first-order valence-corrected chi connectivity index (χ1v) is 22.7. The number of carbonyl (C=O) groups is 2. The number of hydrazine groups is 1. The van der Waals surface area contributed by atoms with Crippen LogP contribution in [-0.4, -0.2) is 88.5 Å². The summed E-state index contributed by atoms with van der Waals surface area (Å²) in [6.07, 6.45) is 6.98. The predicted octanol–water partition coefficient (Wildman–Crippen LogP) is 8.16. The van der Waals surface area contributed by atoms with Crippen LogP contribution < -0.4 is 31.6 Å². The molecule has 10 rings (SSSR count). The molecule has 4 aliphatic rings. The molecular weight excluding hydrogens is 789 g/mol. The fourth-order valence-corrected chi connectivity index (χ4v) is 10.1. The molecule has 0 spiro atoms. The van der Waals surface area contributed by atoms with Crippen molar-refractivity contribution in [1.82, 2.24) is 30.5 Å². The number of urea groups is 2. The molecule has 2 fully saturated rings. The molecule has 4 amide bonds. The van der Waals surface area contributed by atoms with Gasteiger partial charge in [0.05, 0.1) is 41.5 Å². The summed E-state index contributed by atoms with van der Waals surface area (Å²) in [5.74, 6) is 1.61. The molecule has 13 nitrogen and oxygen atoms in total. The number of hydrogen-bond donors (Lipinski definition) is 6. The molecule has 13 heteroatoms. The maximum absolute atomic E-state index is 15.0. The quantitative estimate of drug-likeness (QED) is 0.0752. The van der Waals surface area contributed by atoms with E-state index in [1.54, 1.807) is 10.0 Å². The Morgan fingerprint density at radius 2 is 1.29 bits per heavy atom. The lowest BCUT2D eigenvalue weighted by atomic mass is 10.0. The van der Waals surface area contributed by atoms with Crippen molar-refractivity contribution in [2.45, 2.75) is 75.5 Å². The molecule has 6 aromatic rings. The molecule has 4 aromatic carbocycles. The average Bonchev–Trinajstić information content (AvgIpc) is 3.92. The number of hydrogen-bond acceptors (Lipinski definition) is 9. The maximum atomic E-state index is 15.0. The summed E-state index contributed by atoms with van der Waals surface area (Å²) in [6.45, 7) is 3.63. The number of aryl methyl sites for hydroxylation is 2. The van der Waals surface area contributed by atoms with Gasteiger partial charge < -0.3 is 36.6 Å². The van der Waals surface area contributed by atoms with E-state index in [4.69, 9.17) is 9.97 Å². The lowest BCUT2D eigenvalue weighted by Gasteiger charge is -2.43. The Bertz CT molecular complexity index is 2610. The Morgan fingerprint density at radius 1 is 0.683 bits per heavy atom. The molecule has 63 heavy (non-hydrogen) atoms. The zero-order chi connectivity index (χ0) is 42.7. The number of anilines is 4. The lowest BCUT2D eigenvalue weighted by molar-refractivity contribution is 0.109. The van der Waals surface area contributed by atoms with Gasteiger partial charge in [0.1, 0.15) is 11.6 Å². The highest BCUT2D eigenvalue weighted by Crippen LogP contribution is 2.36. The Kier molecular flexibility index (Phi) is 11.8. The molecular formula is C50H56N10O3. The van der Waals surface area contributed by atoms with E-state index in [0.29, 0.717) is 43.9 Å². The number of pyridine rings is 2. The van der Waals surface area contributed by atoms with Crippen LogP contribution in [-0.2, 0) is 12.8 Å². The Hall–Kier alpha value is -6.28. The van der Waals surface area contributed by atoms with E-state index in [9.17, 15) is 14.7 Å². The molecule has 2 aliphatic heterocycles. The van der Waals surface area contributed by atoms with Crippen molar-refractivity contribution in [3.63, 3.8) is 0 Å². The van der Waals surface area contributed by atoms with Crippen molar-refractivity contribution < 1.29 is 14.7 Å². The standard InChI is InChI=1S/C50H56N10O3/c61-30-29-58-27-23-39(24-28-58)59(50(63)53-38-13-17-43-35(31-38)11-19-47(54-43)56-45-15-9-33-5-1-3-7-41(33)45)60(49(62)52-37-21-25-51-26-22-37)40-14-18-44-36(32-40)12-20-48(55-44)57-46-16-10-34-6-2-4-8-42(34)46/h1-8,11-14,17-20,31-32,37,39,45-46,51,61H,9-10,15-16,21-30H2,(H,52,62)(H,53,63)(H,54,56)(H,55,57). The van der Waals surface area contributed by atoms with Gasteiger partial charge in [-0.05, 0) is 147 Å². The van der Waals surface area contributed by atoms with Crippen LogP contribution >= 0.6 is 0 Å². The zero-order valence-electron chi connectivity index (χ0n) is 35.6. The molecule has 2 atom stereocenters. The fraction of sp³-hybridized carbons (Fsp3) is 0.360. The van der Waals surface area contributed by atoms with E-state index in [0.717, 1.165) is 85.1 Å². The largest absolute Gasteiger partial charge is 0.395 e.